The number of hydrogen-bond donors (Lipinski definition) is 1. The third kappa shape index (κ3) is 3.90. The molecule has 0 fully saturated rings. The summed E-state index contributed by atoms with van der Waals surface area (Å²) in [5, 5.41) is 0. The van der Waals surface area contributed by atoms with Crippen LogP contribution < -0.4 is 10.2 Å². The van der Waals surface area contributed by atoms with Crippen LogP contribution in [-0.4, -0.2) is 19.6 Å². The van der Waals surface area contributed by atoms with Crippen molar-refractivity contribution < 1.29 is 14.4 Å². The maximum absolute atomic E-state index is 11.2. The highest BCUT2D eigenvalue weighted by Crippen LogP contribution is 2.19. The van der Waals surface area contributed by atoms with Gasteiger partial charge in [-0.15, -0.1) is 0 Å². The van der Waals surface area contributed by atoms with E-state index in [9.17, 15) is 4.79 Å². The average Bonchev–Trinajstić information content (AvgIpc) is 2.29. The summed E-state index contributed by atoms with van der Waals surface area (Å²) in [6, 6.07) is 7.73. The van der Waals surface area contributed by atoms with Gasteiger partial charge >= 0.3 is 0 Å². The molecule has 4 nitrogen and oxygen atoms in total. The van der Waals surface area contributed by atoms with Crippen molar-refractivity contribution in [3.05, 3.63) is 29.8 Å². The number of benzene rings is 1. The van der Waals surface area contributed by atoms with Gasteiger partial charge in [0.1, 0.15) is 5.75 Å². The number of nitrogens with one attached hydrogen (secondary N) is 1. The normalized spacial score (nSPS) is 9.88. The summed E-state index contributed by atoms with van der Waals surface area (Å²) < 4.78 is 5.47. The molecule has 0 unspecified atom stereocenters. The molecule has 0 bridgehead atoms. The number of hydrogen-bond acceptors (Lipinski definition) is 3. The van der Waals surface area contributed by atoms with Gasteiger partial charge in [-0.3, -0.25) is 9.63 Å². The molecule has 1 aromatic carbocycles. The molecule has 16 heavy (non-hydrogen) atoms. The fraction of sp³-hybridized carbons (Fsp3) is 0.417. The lowest BCUT2D eigenvalue weighted by Gasteiger charge is -2.09. The first-order chi connectivity index (χ1) is 7.77. The average molecular weight is 223 g/mol. The fourth-order valence-corrected chi connectivity index (χ4v) is 1.42. The number of rotatable bonds is 6. The second-order valence-electron chi connectivity index (χ2n) is 3.27. The van der Waals surface area contributed by atoms with E-state index in [-0.39, 0.29) is 5.91 Å². The molecule has 0 heterocycles. The number of para-hydroxylation sites is 1. The minimum absolute atomic E-state index is 0.131. The van der Waals surface area contributed by atoms with Gasteiger partial charge in [0.15, 0.2) is 0 Å². The molecule has 1 N–H and O–H groups in total. The molecular weight excluding hydrogens is 206 g/mol. The maximum atomic E-state index is 11.2. The second kappa shape index (κ2) is 6.85. The van der Waals surface area contributed by atoms with Crippen LogP contribution in [0.25, 0.3) is 0 Å². The number of carbonyl (C=O) groups excluding carboxylic acids is 1. The Kier molecular flexibility index (Phi) is 5.36. The van der Waals surface area contributed by atoms with Gasteiger partial charge in [0.25, 0.3) is 0 Å². The Hall–Kier alpha value is -1.55. The van der Waals surface area contributed by atoms with Gasteiger partial charge < -0.3 is 4.74 Å². The predicted octanol–water partition coefficient (Wildman–Crippen LogP) is 1.70. The molecule has 0 aromatic heterocycles. The van der Waals surface area contributed by atoms with Gasteiger partial charge in [-0.05, 0) is 25.0 Å². The van der Waals surface area contributed by atoms with E-state index in [1.54, 1.807) is 0 Å². The van der Waals surface area contributed by atoms with Gasteiger partial charge in [-0.25, -0.2) is 5.48 Å². The van der Waals surface area contributed by atoms with Crippen LogP contribution in [0.15, 0.2) is 24.3 Å². The van der Waals surface area contributed by atoms with E-state index in [4.69, 9.17) is 4.74 Å². The summed E-state index contributed by atoms with van der Waals surface area (Å²) in [5.41, 5.74) is 3.33. The highest BCUT2D eigenvalue weighted by Gasteiger charge is 2.05. The maximum Gasteiger partial charge on any atom is 0.243 e. The smallest absolute Gasteiger partial charge is 0.243 e. The van der Waals surface area contributed by atoms with E-state index >= 15 is 0 Å². The molecule has 0 aliphatic rings. The number of carbonyl (C=O) groups is 1. The summed E-state index contributed by atoms with van der Waals surface area (Å²) in [7, 11) is 1.42. The van der Waals surface area contributed by atoms with Gasteiger partial charge in [0.05, 0.1) is 13.7 Å². The minimum Gasteiger partial charge on any atom is -0.494 e. The zero-order valence-corrected chi connectivity index (χ0v) is 9.66. The van der Waals surface area contributed by atoms with Crippen LogP contribution in [0.3, 0.4) is 0 Å². The van der Waals surface area contributed by atoms with Crippen LogP contribution in [0.4, 0.5) is 0 Å². The Morgan fingerprint density at radius 3 is 2.81 bits per heavy atom. The van der Waals surface area contributed by atoms with E-state index in [0.29, 0.717) is 19.4 Å². The van der Waals surface area contributed by atoms with Gasteiger partial charge in [-0.1, -0.05) is 18.2 Å². The first-order valence-corrected chi connectivity index (χ1v) is 5.30. The van der Waals surface area contributed by atoms with Crippen LogP contribution in [0, 0.1) is 0 Å². The molecule has 0 atom stereocenters. The molecule has 4 heteroatoms. The molecule has 0 aliphatic heterocycles. The van der Waals surface area contributed by atoms with Crippen LogP contribution in [0.1, 0.15) is 18.9 Å². The minimum atomic E-state index is -0.131. The largest absolute Gasteiger partial charge is 0.494 e. The summed E-state index contributed by atoms with van der Waals surface area (Å²) in [6.45, 7) is 2.57. The third-order valence-corrected chi connectivity index (χ3v) is 2.11. The van der Waals surface area contributed by atoms with Gasteiger partial charge in [0, 0.05) is 6.42 Å². The SMILES string of the molecule is CCOc1ccccc1CCC(=O)NOC. The first kappa shape index (κ1) is 12.5. The van der Waals surface area contributed by atoms with Crippen molar-refractivity contribution in [2.45, 2.75) is 19.8 Å². The van der Waals surface area contributed by atoms with E-state index < -0.39 is 0 Å². The van der Waals surface area contributed by atoms with Crippen molar-refractivity contribution in [3.8, 4) is 5.75 Å². The van der Waals surface area contributed by atoms with Crippen molar-refractivity contribution in [1.29, 1.82) is 0 Å². The molecule has 0 radical (unpaired) electrons. The number of hydroxylamine groups is 1. The molecule has 0 saturated heterocycles. The molecule has 0 spiro atoms. The standard InChI is InChI=1S/C12H17NO3/c1-3-16-11-7-5-4-6-10(11)8-9-12(14)13-15-2/h4-7H,3,8-9H2,1-2H3,(H,13,14). The quantitative estimate of drug-likeness (QED) is 0.747. The lowest BCUT2D eigenvalue weighted by Crippen LogP contribution is -2.22. The topological polar surface area (TPSA) is 47.6 Å². The summed E-state index contributed by atoms with van der Waals surface area (Å²) in [6.07, 6.45) is 1.03. The first-order valence-electron chi connectivity index (χ1n) is 5.30. The van der Waals surface area contributed by atoms with Crippen LogP contribution in [-0.2, 0) is 16.1 Å². The lowest BCUT2D eigenvalue weighted by molar-refractivity contribution is -0.131. The van der Waals surface area contributed by atoms with Crippen molar-refractivity contribution in [1.82, 2.24) is 5.48 Å². The second-order valence-corrected chi connectivity index (χ2v) is 3.27. The Morgan fingerprint density at radius 1 is 1.38 bits per heavy atom. The number of amides is 1. The molecule has 1 aromatic rings. The Bertz CT molecular complexity index is 339. The zero-order chi connectivity index (χ0) is 11.8. The summed E-state index contributed by atoms with van der Waals surface area (Å²) >= 11 is 0. The summed E-state index contributed by atoms with van der Waals surface area (Å²) in [5.74, 6) is 0.712. The Morgan fingerprint density at radius 2 is 2.12 bits per heavy atom. The van der Waals surface area contributed by atoms with Crippen molar-refractivity contribution in [3.63, 3.8) is 0 Å². The van der Waals surface area contributed by atoms with Crippen molar-refractivity contribution in [2.24, 2.45) is 0 Å². The molecule has 1 rings (SSSR count). The molecule has 1 amide bonds. The van der Waals surface area contributed by atoms with E-state index in [2.05, 4.69) is 10.3 Å². The van der Waals surface area contributed by atoms with E-state index in [1.807, 2.05) is 31.2 Å². The van der Waals surface area contributed by atoms with Crippen LogP contribution >= 0.6 is 0 Å². The Balaban J connectivity index is 2.55. The number of ether oxygens (including phenoxy) is 1. The third-order valence-electron chi connectivity index (χ3n) is 2.11. The van der Waals surface area contributed by atoms with E-state index in [1.165, 1.54) is 7.11 Å². The fourth-order valence-electron chi connectivity index (χ4n) is 1.42. The van der Waals surface area contributed by atoms with Crippen LogP contribution in [0.2, 0.25) is 0 Å². The van der Waals surface area contributed by atoms with E-state index in [0.717, 1.165) is 11.3 Å². The van der Waals surface area contributed by atoms with Crippen molar-refractivity contribution >= 4 is 5.91 Å². The van der Waals surface area contributed by atoms with Gasteiger partial charge in [0.2, 0.25) is 5.91 Å². The molecular formula is C12H17NO3. The summed E-state index contributed by atoms with van der Waals surface area (Å²) in [4.78, 5) is 15.7. The predicted molar refractivity (Wildman–Crippen MR) is 61.1 cm³/mol. The number of aryl methyl sites for hydroxylation is 1. The monoisotopic (exact) mass is 223 g/mol. The molecule has 88 valence electrons. The van der Waals surface area contributed by atoms with Gasteiger partial charge in [-0.2, -0.15) is 0 Å². The van der Waals surface area contributed by atoms with Crippen molar-refractivity contribution in [2.75, 3.05) is 13.7 Å². The highest BCUT2D eigenvalue weighted by molar-refractivity contribution is 5.75. The Labute approximate surface area is 95.5 Å². The highest BCUT2D eigenvalue weighted by atomic mass is 16.6. The van der Waals surface area contributed by atoms with Crippen LogP contribution in [0.5, 0.6) is 5.75 Å². The molecule has 0 aliphatic carbocycles. The zero-order valence-electron chi connectivity index (χ0n) is 9.66. The molecule has 0 saturated carbocycles. The lowest BCUT2D eigenvalue weighted by atomic mass is 10.1.